The first-order chi connectivity index (χ1) is 14.7. The number of furan rings is 1. The van der Waals surface area contributed by atoms with E-state index in [9.17, 15) is 14.4 Å². The van der Waals surface area contributed by atoms with Crippen molar-refractivity contribution in [1.29, 1.82) is 0 Å². The maximum Gasteiger partial charge on any atom is 0.325 e. The zero-order valence-corrected chi connectivity index (χ0v) is 19.0. The fourth-order valence-corrected chi connectivity index (χ4v) is 4.35. The summed E-state index contributed by atoms with van der Waals surface area (Å²) >= 11 is 3.39. The first kappa shape index (κ1) is 21.1. The zero-order valence-electron chi connectivity index (χ0n) is 17.4. The minimum Gasteiger partial charge on any atom is -0.467 e. The van der Waals surface area contributed by atoms with Gasteiger partial charge in [-0.15, -0.1) is 0 Å². The van der Waals surface area contributed by atoms with Crippen molar-refractivity contribution >= 4 is 33.7 Å². The monoisotopic (exact) mass is 483 g/mol. The summed E-state index contributed by atoms with van der Waals surface area (Å²) in [5.41, 5.74) is 1.57. The highest BCUT2D eigenvalue weighted by Gasteiger charge is 2.49. The average Bonchev–Trinajstić information content (AvgIpc) is 3.39. The Bertz CT molecular complexity index is 1180. The number of benzene rings is 1. The van der Waals surface area contributed by atoms with Crippen molar-refractivity contribution < 1.29 is 18.8 Å². The van der Waals surface area contributed by atoms with Crippen LogP contribution in [0.5, 0.6) is 0 Å². The summed E-state index contributed by atoms with van der Waals surface area (Å²) in [6.45, 7) is 5.58. The van der Waals surface area contributed by atoms with Gasteiger partial charge in [-0.1, -0.05) is 28.1 Å². The van der Waals surface area contributed by atoms with Crippen molar-refractivity contribution in [2.45, 2.75) is 32.9 Å². The van der Waals surface area contributed by atoms with Crippen molar-refractivity contribution in [2.75, 3.05) is 6.54 Å². The molecule has 1 N–H and O–H groups in total. The Balaban J connectivity index is 1.56. The van der Waals surface area contributed by atoms with Crippen LogP contribution in [0.1, 0.15) is 40.0 Å². The first-order valence-corrected chi connectivity index (χ1v) is 10.6. The number of imide groups is 1. The summed E-state index contributed by atoms with van der Waals surface area (Å²) in [4.78, 5) is 39.8. The fraction of sp³-hybridized carbons (Fsp3) is 0.261. The van der Waals surface area contributed by atoms with Crippen LogP contribution in [0.2, 0.25) is 0 Å². The maximum absolute atomic E-state index is 13.1. The smallest absolute Gasteiger partial charge is 0.325 e. The van der Waals surface area contributed by atoms with Crippen molar-refractivity contribution in [3.63, 3.8) is 0 Å². The lowest BCUT2D eigenvalue weighted by Gasteiger charge is -2.22. The number of halogens is 1. The lowest BCUT2D eigenvalue weighted by atomic mass is 9.92. The van der Waals surface area contributed by atoms with Crippen molar-refractivity contribution in [3.05, 3.63) is 81.5 Å². The van der Waals surface area contributed by atoms with Crippen molar-refractivity contribution in [3.8, 4) is 0 Å². The normalized spacial score (nSPS) is 18.5. The molecule has 7 nitrogen and oxygen atoms in total. The molecule has 1 aliphatic heterocycles. The predicted molar refractivity (Wildman–Crippen MR) is 118 cm³/mol. The van der Waals surface area contributed by atoms with Crippen LogP contribution in [0.15, 0.2) is 57.6 Å². The standard InChI is InChI=1S/C23H22BrN3O4/c1-14-10-19(15(2)26(14)12-18-8-5-9-31-18)20(28)13-27-21(29)23(3,25-22(27)30)16-6-4-7-17(24)11-16/h4-11H,12-13H2,1-3H3,(H,25,30)/t23-/m1/s1. The Hall–Kier alpha value is -3.13. The van der Waals surface area contributed by atoms with E-state index in [1.165, 1.54) is 0 Å². The second kappa shape index (κ2) is 7.85. The minimum atomic E-state index is -1.22. The number of amides is 3. The number of nitrogens with one attached hydrogen (secondary N) is 1. The van der Waals surface area contributed by atoms with E-state index in [4.69, 9.17) is 4.42 Å². The average molecular weight is 484 g/mol. The molecule has 31 heavy (non-hydrogen) atoms. The molecular weight excluding hydrogens is 462 g/mol. The van der Waals surface area contributed by atoms with Gasteiger partial charge in [-0.3, -0.25) is 14.5 Å². The lowest BCUT2D eigenvalue weighted by Crippen LogP contribution is -2.41. The van der Waals surface area contributed by atoms with Gasteiger partial charge in [0.2, 0.25) is 0 Å². The second-order valence-electron chi connectivity index (χ2n) is 7.83. The van der Waals surface area contributed by atoms with Crippen molar-refractivity contribution in [2.24, 2.45) is 0 Å². The van der Waals surface area contributed by atoms with E-state index in [2.05, 4.69) is 21.2 Å². The molecule has 0 unspecified atom stereocenters. The third kappa shape index (κ3) is 3.72. The number of aromatic nitrogens is 1. The number of aryl methyl sites for hydroxylation is 1. The van der Waals surface area contributed by atoms with Crippen LogP contribution in [0.3, 0.4) is 0 Å². The number of Topliss-reactive ketones (excluding diaryl/α,β-unsaturated/α-hetero) is 1. The molecule has 160 valence electrons. The first-order valence-electron chi connectivity index (χ1n) is 9.83. The van der Waals surface area contributed by atoms with Crippen LogP contribution in [0, 0.1) is 13.8 Å². The van der Waals surface area contributed by atoms with Crippen LogP contribution in [0.25, 0.3) is 0 Å². The molecule has 0 aliphatic carbocycles. The van der Waals surface area contributed by atoms with Gasteiger partial charge in [0, 0.05) is 21.4 Å². The molecule has 1 atom stereocenters. The Kier molecular flexibility index (Phi) is 5.35. The van der Waals surface area contributed by atoms with Gasteiger partial charge in [0.15, 0.2) is 5.78 Å². The summed E-state index contributed by atoms with van der Waals surface area (Å²) in [7, 11) is 0. The summed E-state index contributed by atoms with van der Waals surface area (Å²) in [6.07, 6.45) is 1.61. The summed E-state index contributed by atoms with van der Waals surface area (Å²) in [6, 6.07) is 12.1. The molecule has 0 bridgehead atoms. The van der Waals surface area contributed by atoms with Gasteiger partial charge >= 0.3 is 6.03 Å². The van der Waals surface area contributed by atoms with Gasteiger partial charge in [-0.25, -0.2) is 4.79 Å². The Morgan fingerprint density at radius 2 is 1.94 bits per heavy atom. The molecule has 1 aromatic carbocycles. The third-order valence-electron chi connectivity index (χ3n) is 5.75. The number of carbonyl (C=O) groups excluding carboxylic acids is 3. The highest BCUT2D eigenvalue weighted by molar-refractivity contribution is 9.10. The quantitative estimate of drug-likeness (QED) is 0.421. The van der Waals surface area contributed by atoms with Crippen LogP contribution < -0.4 is 5.32 Å². The molecule has 2 aromatic heterocycles. The van der Waals surface area contributed by atoms with E-state index < -0.39 is 17.5 Å². The van der Waals surface area contributed by atoms with Gasteiger partial charge in [-0.05, 0) is 56.7 Å². The van der Waals surface area contributed by atoms with E-state index >= 15 is 0 Å². The van der Waals surface area contributed by atoms with Gasteiger partial charge in [0.1, 0.15) is 11.3 Å². The Labute approximate surface area is 188 Å². The molecule has 3 heterocycles. The fourth-order valence-electron chi connectivity index (χ4n) is 3.95. The summed E-state index contributed by atoms with van der Waals surface area (Å²) in [5.74, 6) is 0.0359. The van der Waals surface area contributed by atoms with E-state index in [0.717, 1.165) is 26.5 Å². The van der Waals surface area contributed by atoms with Gasteiger partial charge in [0.25, 0.3) is 5.91 Å². The molecule has 1 aliphatic rings. The van der Waals surface area contributed by atoms with E-state index in [0.29, 0.717) is 17.7 Å². The number of rotatable bonds is 6. The molecule has 0 radical (unpaired) electrons. The molecule has 0 spiro atoms. The number of urea groups is 1. The lowest BCUT2D eigenvalue weighted by molar-refractivity contribution is -0.130. The number of hydrogen-bond donors (Lipinski definition) is 1. The highest BCUT2D eigenvalue weighted by atomic mass is 79.9. The summed E-state index contributed by atoms with van der Waals surface area (Å²) in [5, 5.41) is 2.74. The van der Waals surface area contributed by atoms with Crippen LogP contribution >= 0.6 is 15.9 Å². The zero-order chi connectivity index (χ0) is 22.3. The molecule has 0 saturated carbocycles. The number of carbonyl (C=O) groups is 3. The molecule has 1 fully saturated rings. The molecule has 3 aromatic rings. The molecule has 3 amide bonds. The van der Waals surface area contributed by atoms with Gasteiger partial charge < -0.3 is 14.3 Å². The predicted octanol–water partition coefficient (Wildman–Crippen LogP) is 4.16. The molecule has 4 rings (SSSR count). The summed E-state index contributed by atoms with van der Waals surface area (Å²) < 4.78 is 8.19. The second-order valence-corrected chi connectivity index (χ2v) is 8.75. The largest absolute Gasteiger partial charge is 0.467 e. The molecule has 8 heteroatoms. The Morgan fingerprint density at radius 1 is 1.16 bits per heavy atom. The maximum atomic E-state index is 13.1. The van der Waals surface area contributed by atoms with E-state index in [1.54, 1.807) is 37.5 Å². The molecular formula is C23H22BrN3O4. The Morgan fingerprint density at radius 3 is 2.61 bits per heavy atom. The van der Waals surface area contributed by atoms with Crippen LogP contribution in [-0.4, -0.2) is 33.7 Å². The third-order valence-corrected chi connectivity index (χ3v) is 6.24. The SMILES string of the molecule is Cc1cc(C(=O)CN2C(=O)N[C@](C)(c3cccc(Br)c3)C2=O)c(C)n1Cc1ccco1. The van der Waals surface area contributed by atoms with Crippen LogP contribution in [-0.2, 0) is 16.9 Å². The topological polar surface area (TPSA) is 84.5 Å². The van der Waals surface area contributed by atoms with Crippen molar-refractivity contribution in [1.82, 2.24) is 14.8 Å². The van der Waals surface area contributed by atoms with Gasteiger partial charge in [-0.2, -0.15) is 0 Å². The van der Waals surface area contributed by atoms with E-state index in [1.807, 2.05) is 36.6 Å². The van der Waals surface area contributed by atoms with E-state index in [-0.39, 0.29) is 12.3 Å². The highest BCUT2D eigenvalue weighted by Crippen LogP contribution is 2.30. The minimum absolute atomic E-state index is 0.291. The van der Waals surface area contributed by atoms with Crippen LogP contribution in [0.4, 0.5) is 4.79 Å². The van der Waals surface area contributed by atoms with Gasteiger partial charge in [0.05, 0.1) is 19.4 Å². The number of nitrogens with zero attached hydrogens (tertiary/aromatic N) is 2. The molecule has 1 saturated heterocycles. The number of hydrogen-bond acceptors (Lipinski definition) is 4. The number of ketones is 1.